The summed E-state index contributed by atoms with van der Waals surface area (Å²) in [5, 5.41) is 13.0. The number of H-pyrrole nitrogens is 1. The van der Waals surface area contributed by atoms with Crippen LogP contribution in [0.3, 0.4) is 0 Å². The first-order valence-corrected chi connectivity index (χ1v) is 13.0. The molecule has 6 nitrogen and oxygen atoms in total. The van der Waals surface area contributed by atoms with E-state index in [1.807, 2.05) is 58.0 Å². The normalized spacial score (nSPS) is 17.1. The van der Waals surface area contributed by atoms with Crippen LogP contribution >= 0.6 is 11.6 Å². The standard InChI is InChI=1S/C31H29ClN2O4/c1-5-38-25-14-13-19(15-23(25)17(2)3)29(35)27-28(26-18(4)33-24-12-7-6-11-22(24)26)34(31(37)30(27)36)21-10-8-9-20(32)16-21/h6-17,28,33,35H,5H2,1-4H3/b29-27+. The Labute approximate surface area is 226 Å². The highest BCUT2D eigenvalue weighted by Gasteiger charge is 2.48. The fourth-order valence-electron chi connectivity index (χ4n) is 5.24. The van der Waals surface area contributed by atoms with Gasteiger partial charge >= 0.3 is 0 Å². The number of aliphatic hydroxyl groups excluding tert-OH is 1. The van der Waals surface area contributed by atoms with Crippen LogP contribution in [-0.2, 0) is 9.59 Å². The number of anilines is 1. The van der Waals surface area contributed by atoms with Crippen LogP contribution in [0.4, 0.5) is 5.69 Å². The van der Waals surface area contributed by atoms with Crippen molar-refractivity contribution in [2.75, 3.05) is 11.5 Å². The Bertz CT molecular complexity index is 1600. The highest BCUT2D eigenvalue weighted by atomic mass is 35.5. The van der Waals surface area contributed by atoms with Gasteiger partial charge in [0.2, 0.25) is 0 Å². The lowest BCUT2D eigenvalue weighted by Crippen LogP contribution is -2.29. The van der Waals surface area contributed by atoms with Gasteiger partial charge in [-0.25, -0.2) is 0 Å². The molecule has 2 heterocycles. The number of rotatable bonds is 6. The van der Waals surface area contributed by atoms with Crippen molar-refractivity contribution < 1.29 is 19.4 Å². The van der Waals surface area contributed by atoms with Crippen LogP contribution in [0.5, 0.6) is 5.75 Å². The third kappa shape index (κ3) is 4.25. The number of halogens is 1. The fraction of sp³-hybridized carbons (Fsp3) is 0.226. The van der Waals surface area contributed by atoms with E-state index in [0.29, 0.717) is 22.9 Å². The van der Waals surface area contributed by atoms with Crippen LogP contribution in [0, 0.1) is 6.92 Å². The number of aromatic amines is 1. The minimum atomic E-state index is -0.862. The summed E-state index contributed by atoms with van der Waals surface area (Å²) in [6, 6.07) is 19.0. The second kappa shape index (κ2) is 10.0. The number of aliphatic hydroxyl groups is 1. The summed E-state index contributed by atoms with van der Waals surface area (Å²) in [5.41, 5.74) is 4.27. The van der Waals surface area contributed by atoms with Gasteiger partial charge in [-0.05, 0) is 67.8 Å². The smallest absolute Gasteiger partial charge is 0.300 e. The van der Waals surface area contributed by atoms with Gasteiger partial charge in [0.1, 0.15) is 11.5 Å². The van der Waals surface area contributed by atoms with Crippen LogP contribution in [0.2, 0.25) is 5.02 Å². The molecule has 2 N–H and O–H groups in total. The number of nitrogens with one attached hydrogen (secondary N) is 1. The van der Waals surface area contributed by atoms with Gasteiger partial charge in [-0.2, -0.15) is 0 Å². The minimum absolute atomic E-state index is 0.0293. The molecule has 0 radical (unpaired) electrons. The monoisotopic (exact) mass is 528 g/mol. The van der Waals surface area contributed by atoms with E-state index in [9.17, 15) is 14.7 Å². The van der Waals surface area contributed by atoms with Gasteiger partial charge in [-0.1, -0.05) is 49.7 Å². The zero-order valence-corrected chi connectivity index (χ0v) is 22.5. The number of ether oxygens (including phenoxy) is 1. The number of para-hydroxylation sites is 1. The highest BCUT2D eigenvalue weighted by molar-refractivity contribution is 6.52. The van der Waals surface area contributed by atoms with Crippen molar-refractivity contribution in [3.63, 3.8) is 0 Å². The number of benzene rings is 3. The largest absolute Gasteiger partial charge is 0.507 e. The molecule has 0 aliphatic carbocycles. The Hall–Kier alpha value is -4.03. The third-order valence-corrected chi connectivity index (χ3v) is 7.19. The number of carbonyl (C=O) groups is 2. The molecular weight excluding hydrogens is 500 g/mol. The molecule has 0 bridgehead atoms. The number of nitrogens with zero attached hydrogens (tertiary/aromatic N) is 1. The molecule has 38 heavy (non-hydrogen) atoms. The lowest BCUT2D eigenvalue weighted by Gasteiger charge is -2.26. The van der Waals surface area contributed by atoms with Crippen molar-refractivity contribution in [1.82, 2.24) is 4.98 Å². The fourth-order valence-corrected chi connectivity index (χ4v) is 5.42. The Morgan fingerprint density at radius 2 is 1.84 bits per heavy atom. The Kier molecular flexibility index (Phi) is 6.76. The number of Topliss-reactive ketones (excluding diaryl/α,β-unsaturated/α-hetero) is 1. The average molecular weight is 529 g/mol. The molecule has 1 aromatic heterocycles. The Balaban J connectivity index is 1.79. The van der Waals surface area contributed by atoms with E-state index in [1.165, 1.54) is 4.90 Å². The molecule has 1 amide bonds. The topological polar surface area (TPSA) is 82.6 Å². The molecule has 1 saturated heterocycles. The molecule has 1 fully saturated rings. The van der Waals surface area contributed by atoms with Gasteiger partial charge in [0, 0.05) is 38.4 Å². The molecular formula is C31H29ClN2O4. The van der Waals surface area contributed by atoms with E-state index in [2.05, 4.69) is 4.98 Å². The lowest BCUT2D eigenvalue weighted by atomic mass is 9.91. The predicted octanol–water partition coefficient (Wildman–Crippen LogP) is 7.28. The second-order valence-electron chi connectivity index (χ2n) is 9.70. The van der Waals surface area contributed by atoms with E-state index in [-0.39, 0.29) is 17.3 Å². The summed E-state index contributed by atoms with van der Waals surface area (Å²) in [6.07, 6.45) is 0. The zero-order chi connectivity index (χ0) is 27.1. The van der Waals surface area contributed by atoms with Crippen LogP contribution in [0.25, 0.3) is 16.7 Å². The predicted molar refractivity (Wildman–Crippen MR) is 151 cm³/mol. The number of ketones is 1. The number of aromatic nitrogens is 1. The van der Waals surface area contributed by atoms with Crippen molar-refractivity contribution in [2.24, 2.45) is 0 Å². The van der Waals surface area contributed by atoms with Crippen LogP contribution in [-0.4, -0.2) is 28.4 Å². The number of amides is 1. The maximum Gasteiger partial charge on any atom is 0.300 e. The molecule has 1 atom stereocenters. The van der Waals surface area contributed by atoms with Gasteiger partial charge in [0.05, 0.1) is 18.2 Å². The minimum Gasteiger partial charge on any atom is -0.507 e. The van der Waals surface area contributed by atoms with E-state index < -0.39 is 17.7 Å². The van der Waals surface area contributed by atoms with E-state index in [1.54, 1.807) is 36.4 Å². The molecule has 3 aromatic carbocycles. The third-order valence-electron chi connectivity index (χ3n) is 6.95. The summed E-state index contributed by atoms with van der Waals surface area (Å²) < 4.78 is 5.78. The maximum atomic E-state index is 13.7. The molecule has 5 rings (SSSR count). The molecule has 7 heteroatoms. The van der Waals surface area contributed by atoms with Gasteiger partial charge in [-0.3, -0.25) is 14.5 Å². The first-order chi connectivity index (χ1) is 18.2. The molecule has 0 spiro atoms. The van der Waals surface area contributed by atoms with Crippen LogP contribution < -0.4 is 9.64 Å². The van der Waals surface area contributed by atoms with Gasteiger partial charge in [0.15, 0.2) is 0 Å². The quantitative estimate of drug-likeness (QED) is 0.156. The highest BCUT2D eigenvalue weighted by Crippen LogP contribution is 2.46. The van der Waals surface area contributed by atoms with Crippen molar-refractivity contribution in [3.05, 3.63) is 99.7 Å². The molecule has 194 valence electrons. The van der Waals surface area contributed by atoms with E-state index in [0.717, 1.165) is 33.5 Å². The maximum absolute atomic E-state index is 13.7. The molecule has 1 aliphatic rings. The first-order valence-electron chi connectivity index (χ1n) is 12.6. The van der Waals surface area contributed by atoms with Crippen molar-refractivity contribution in [3.8, 4) is 5.75 Å². The summed E-state index contributed by atoms with van der Waals surface area (Å²) in [6.45, 7) is 8.40. The van der Waals surface area contributed by atoms with Crippen LogP contribution in [0.15, 0.2) is 72.3 Å². The number of aryl methyl sites for hydroxylation is 1. The van der Waals surface area contributed by atoms with Gasteiger partial charge in [-0.15, -0.1) is 0 Å². The van der Waals surface area contributed by atoms with Crippen molar-refractivity contribution >= 4 is 45.6 Å². The first kappa shape index (κ1) is 25.6. The Morgan fingerprint density at radius 3 is 2.55 bits per heavy atom. The van der Waals surface area contributed by atoms with Crippen molar-refractivity contribution in [1.29, 1.82) is 0 Å². The summed E-state index contributed by atoms with van der Waals surface area (Å²) in [7, 11) is 0. The number of fused-ring (bicyclic) bond motifs is 1. The SMILES string of the molecule is CCOc1ccc(/C(O)=C2\C(=O)C(=O)N(c3cccc(Cl)c3)C2c2c(C)[nH]c3ccccc23)cc1C(C)C. The van der Waals surface area contributed by atoms with Crippen LogP contribution in [0.1, 0.15) is 55.1 Å². The van der Waals surface area contributed by atoms with Gasteiger partial charge < -0.3 is 14.8 Å². The second-order valence-corrected chi connectivity index (χ2v) is 10.1. The summed E-state index contributed by atoms with van der Waals surface area (Å²) >= 11 is 6.29. The summed E-state index contributed by atoms with van der Waals surface area (Å²) in [5.74, 6) is -0.865. The molecule has 4 aromatic rings. The number of hydrogen-bond acceptors (Lipinski definition) is 4. The average Bonchev–Trinajstić information content (AvgIpc) is 3.35. The van der Waals surface area contributed by atoms with E-state index in [4.69, 9.17) is 16.3 Å². The van der Waals surface area contributed by atoms with Crippen molar-refractivity contribution in [2.45, 2.75) is 39.7 Å². The Morgan fingerprint density at radius 1 is 1.08 bits per heavy atom. The number of hydrogen-bond donors (Lipinski definition) is 2. The molecule has 1 unspecified atom stereocenters. The van der Waals surface area contributed by atoms with E-state index >= 15 is 0 Å². The molecule has 0 saturated carbocycles. The lowest BCUT2D eigenvalue weighted by molar-refractivity contribution is -0.132. The molecule has 1 aliphatic heterocycles. The summed E-state index contributed by atoms with van der Waals surface area (Å²) in [4.78, 5) is 32.0. The zero-order valence-electron chi connectivity index (χ0n) is 21.7. The number of carbonyl (C=O) groups excluding carboxylic acids is 2. The van der Waals surface area contributed by atoms with Gasteiger partial charge in [0.25, 0.3) is 11.7 Å².